The smallest absolute Gasteiger partial charge is 0.335 e. The number of nitrogens with two attached hydrogens (primary N) is 2. The number of anilines is 1. The van der Waals surface area contributed by atoms with Gasteiger partial charge in [-0.3, -0.25) is 0 Å². The van der Waals surface area contributed by atoms with Crippen LogP contribution in [0, 0.1) is 0 Å². The van der Waals surface area contributed by atoms with Gasteiger partial charge < -0.3 is 10.8 Å². The zero-order valence-corrected chi connectivity index (χ0v) is 9.67. The molecule has 0 aromatic heterocycles. The topological polar surface area (TPSA) is 123 Å². The van der Waals surface area contributed by atoms with Crippen molar-refractivity contribution in [3.63, 3.8) is 0 Å². The molecule has 0 aliphatic carbocycles. The molecule has 5 N–H and O–H groups in total. The molecule has 8 heteroatoms. The van der Waals surface area contributed by atoms with Crippen LogP contribution in [-0.4, -0.2) is 19.5 Å². The molecule has 0 aliphatic rings. The van der Waals surface area contributed by atoms with E-state index in [0.717, 1.165) is 12.1 Å². The highest BCUT2D eigenvalue weighted by Crippen LogP contribution is 2.28. The lowest BCUT2D eigenvalue weighted by atomic mass is 10.2. The fraction of sp³-hybridized carbons (Fsp3) is 0. The van der Waals surface area contributed by atoms with Crippen molar-refractivity contribution in [2.24, 2.45) is 5.14 Å². The summed E-state index contributed by atoms with van der Waals surface area (Å²) in [5, 5.41) is 13.6. The molecule has 0 aliphatic heterocycles. The molecule has 0 bridgehead atoms. The maximum Gasteiger partial charge on any atom is 0.335 e. The maximum absolute atomic E-state index is 11.1. The minimum Gasteiger partial charge on any atom is -0.478 e. The average molecular weight is 295 g/mol. The minimum absolute atomic E-state index is 0.000995. The Morgan fingerprint density at radius 1 is 1.40 bits per heavy atom. The maximum atomic E-state index is 11.1. The molecule has 1 aromatic rings. The average Bonchev–Trinajstić information content (AvgIpc) is 2.06. The van der Waals surface area contributed by atoms with Crippen molar-refractivity contribution in [1.29, 1.82) is 0 Å². The Morgan fingerprint density at radius 2 is 1.93 bits per heavy atom. The first-order chi connectivity index (χ1) is 6.73. The molecule has 82 valence electrons. The van der Waals surface area contributed by atoms with E-state index in [1.54, 1.807) is 0 Å². The number of carboxylic acid groups (broad SMARTS) is 1. The Hall–Kier alpha value is -1.12. The van der Waals surface area contributed by atoms with Gasteiger partial charge in [0.1, 0.15) is 0 Å². The monoisotopic (exact) mass is 294 g/mol. The van der Waals surface area contributed by atoms with Crippen LogP contribution in [0.25, 0.3) is 0 Å². The lowest BCUT2D eigenvalue weighted by Gasteiger charge is -2.06. The Bertz CT molecular complexity index is 526. The van der Waals surface area contributed by atoms with Crippen LogP contribution in [-0.2, 0) is 10.0 Å². The van der Waals surface area contributed by atoms with Crippen LogP contribution in [0.5, 0.6) is 0 Å². The van der Waals surface area contributed by atoms with E-state index in [2.05, 4.69) is 15.9 Å². The van der Waals surface area contributed by atoms with Gasteiger partial charge >= 0.3 is 5.97 Å². The molecular weight excluding hydrogens is 288 g/mol. The van der Waals surface area contributed by atoms with Gasteiger partial charge in [0.15, 0.2) is 0 Å². The number of carboxylic acids is 1. The second-order valence-electron chi connectivity index (χ2n) is 2.73. The van der Waals surface area contributed by atoms with E-state index in [0.29, 0.717) is 0 Å². The number of aromatic carboxylic acids is 1. The van der Waals surface area contributed by atoms with E-state index in [1.807, 2.05) is 0 Å². The summed E-state index contributed by atoms with van der Waals surface area (Å²) < 4.78 is 22.2. The first-order valence-electron chi connectivity index (χ1n) is 3.58. The number of benzene rings is 1. The van der Waals surface area contributed by atoms with E-state index in [-0.39, 0.29) is 20.6 Å². The largest absolute Gasteiger partial charge is 0.478 e. The van der Waals surface area contributed by atoms with E-state index >= 15 is 0 Å². The number of halogens is 1. The Kier molecular flexibility index (Phi) is 3.03. The molecule has 0 fully saturated rings. The third kappa shape index (κ3) is 2.46. The van der Waals surface area contributed by atoms with Gasteiger partial charge in [0.25, 0.3) is 0 Å². The summed E-state index contributed by atoms with van der Waals surface area (Å²) >= 11 is 2.92. The van der Waals surface area contributed by atoms with Crippen molar-refractivity contribution >= 4 is 37.6 Å². The predicted molar refractivity (Wildman–Crippen MR) is 56.9 cm³/mol. The molecule has 1 rings (SSSR count). The fourth-order valence-electron chi connectivity index (χ4n) is 0.950. The van der Waals surface area contributed by atoms with Crippen LogP contribution < -0.4 is 10.9 Å². The fourth-order valence-corrected chi connectivity index (χ4v) is 2.51. The first-order valence-corrected chi connectivity index (χ1v) is 5.92. The summed E-state index contributed by atoms with van der Waals surface area (Å²) in [5.74, 6) is -1.28. The van der Waals surface area contributed by atoms with E-state index in [1.165, 1.54) is 0 Å². The number of nitrogen functional groups attached to an aromatic ring is 1. The SMILES string of the molecule is Nc1cc(C(=O)O)cc(S(N)(=O)=O)c1Br. The summed E-state index contributed by atoms with van der Waals surface area (Å²) in [6.07, 6.45) is 0. The molecule has 0 atom stereocenters. The Balaban J connectivity index is 3.59. The zero-order chi connectivity index (χ0) is 11.8. The van der Waals surface area contributed by atoms with Gasteiger partial charge in [-0.1, -0.05) is 0 Å². The van der Waals surface area contributed by atoms with Gasteiger partial charge in [0.05, 0.1) is 14.9 Å². The van der Waals surface area contributed by atoms with Gasteiger partial charge in [-0.2, -0.15) is 0 Å². The second kappa shape index (κ2) is 3.80. The minimum atomic E-state index is -4.00. The lowest BCUT2D eigenvalue weighted by Crippen LogP contribution is -2.14. The number of hydrogen-bond donors (Lipinski definition) is 3. The quantitative estimate of drug-likeness (QED) is 0.680. The van der Waals surface area contributed by atoms with Gasteiger partial charge in [-0.25, -0.2) is 18.4 Å². The first kappa shape index (κ1) is 12.0. The standard InChI is InChI=1S/C7H7BrN2O4S/c8-6-4(9)1-3(7(11)12)2-5(6)15(10,13)14/h1-2H,9H2,(H,11,12)(H2,10,13,14). The van der Waals surface area contributed by atoms with Crippen LogP contribution >= 0.6 is 15.9 Å². The van der Waals surface area contributed by atoms with E-state index < -0.39 is 16.0 Å². The molecule has 0 unspecified atom stereocenters. The van der Waals surface area contributed by atoms with Crippen molar-refractivity contribution in [1.82, 2.24) is 0 Å². The Labute approximate surface area is 94.1 Å². The molecule has 6 nitrogen and oxygen atoms in total. The molecule has 0 amide bonds. The van der Waals surface area contributed by atoms with Crippen LogP contribution in [0.4, 0.5) is 5.69 Å². The molecule has 1 aromatic carbocycles. The number of primary sulfonamides is 1. The van der Waals surface area contributed by atoms with Gasteiger partial charge in [-0.15, -0.1) is 0 Å². The summed E-state index contributed by atoms with van der Waals surface area (Å²) in [4.78, 5) is 10.3. The van der Waals surface area contributed by atoms with Crippen molar-refractivity contribution in [3.05, 3.63) is 22.2 Å². The molecule has 15 heavy (non-hydrogen) atoms. The third-order valence-corrected chi connectivity index (χ3v) is 3.70. The van der Waals surface area contributed by atoms with Crippen LogP contribution in [0.3, 0.4) is 0 Å². The van der Waals surface area contributed by atoms with E-state index in [4.69, 9.17) is 16.0 Å². The third-order valence-electron chi connectivity index (χ3n) is 1.62. The Morgan fingerprint density at radius 3 is 2.33 bits per heavy atom. The highest BCUT2D eigenvalue weighted by molar-refractivity contribution is 9.10. The predicted octanol–water partition coefficient (Wildman–Crippen LogP) is 0.377. The zero-order valence-electron chi connectivity index (χ0n) is 7.27. The van der Waals surface area contributed by atoms with Crippen LogP contribution in [0.2, 0.25) is 0 Å². The highest BCUT2D eigenvalue weighted by atomic mass is 79.9. The summed E-state index contributed by atoms with van der Waals surface area (Å²) in [5.41, 5.74) is 5.19. The molecular formula is C7H7BrN2O4S. The number of sulfonamides is 1. The summed E-state index contributed by atoms with van der Waals surface area (Å²) in [6.45, 7) is 0. The molecule has 0 spiro atoms. The molecule has 0 saturated carbocycles. The summed E-state index contributed by atoms with van der Waals surface area (Å²) in [7, 11) is -4.00. The van der Waals surface area contributed by atoms with Gasteiger partial charge in [0, 0.05) is 5.69 Å². The van der Waals surface area contributed by atoms with Crippen LogP contribution in [0.15, 0.2) is 21.5 Å². The highest BCUT2D eigenvalue weighted by Gasteiger charge is 2.18. The van der Waals surface area contributed by atoms with Crippen molar-refractivity contribution < 1.29 is 18.3 Å². The molecule has 0 saturated heterocycles. The van der Waals surface area contributed by atoms with Gasteiger partial charge in [-0.05, 0) is 28.1 Å². The number of rotatable bonds is 2. The lowest BCUT2D eigenvalue weighted by molar-refractivity contribution is 0.0696. The van der Waals surface area contributed by atoms with Gasteiger partial charge in [0.2, 0.25) is 10.0 Å². The van der Waals surface area contributed by atoms with E-state index in [9.17, 15) is 13.2 Å². The number of carbonyl (C=O) groups is 1. The van der Waals surface area contributed by atoms with Crippen molar-refractivity contribution in [3.8, 4) is 0 Å². The second-order valence-corrected chi connectivity index (χ2v) is 5.05. The normalized spacial score (nSPS) is 11.3. The summed E-state index contributed by atoms with van der Waals surface area (Å²) in [6, 6.07) is 2.08. The van der Waals surface area contributed by atoms with Crippen molar-refractivity contribution in [2.45, 2.75) is 4.90 Å². The molecule has 0 radical (unpaired) electrons. The van der Waals surface area contributed by atoms with Crippen molar-refractivity contribution in [2.75, 3.05) is 5.73 Å². The van der Waals surface area contributed by atoms with Crippen LogP contribution in [0.1, 0.15) is 10.4 Å². The molecule has 0 heterocycles. The number of hydrogen-bond acceptors (Lipinski definition) is 4.